The molecule has 0 saturated heterocycles. The van der Waals surface area contributed by atoms with Crippen LogP contribution in [0.5, 0.6) is 0 Å². The minimum atomic E-state index is 0.713. The van der Waals surface area contributed by atoms with Crippen LogP contribution >= 0.6 is 11.3 Å². The van der Waals surface area contributed by atoms with E-state index in [0.717, 1.165) is 11.0 Å². The topological polar surface area (TPSA) is 39.2 Å². The van der Waals surface area contributed by atoms with Crippen LogP contribution in [-0.2, 0) is 0 Å². The normalized spacial score (nSPS) is 11.4. The van der Waals surface area contributed by atoms with Crippen LogP contribution in [0.4, 0.5) is 5.69 Å². The Balaban J connectivity index is 2.59. The van der Waals surface area contributed by atoms with E-state index in [1.54, 1.807) is 17.6 Å². The van der Waals surface area contributed by atoms with Crippen LogP contribution in [0.3, 0.4) is 0 Å². The van der Waals surface area contributed by atoms with Crippen molar-refractivity contribution < 1.29 is 4.42 Å². The van der Waals surface area contributed by atoms with Crippen molar-refractivity contribution in [3.63, 3.8) is 0 Å². The Labute approximate surface area is 78.6 Å². The van der Waals surface area contributed by atoms with Crippen molar-refractivity contribution in [3.8, 4) is 0 Å². The smallest absolute Gasteiger partial charge is 0.136 e. The number of rotatable bonds is 0. The molecule has 0 aliphatic heterocycles. The summed E-state index contributed by atoms with van der Waals surface area (Å²) in [6.07, 6.45) is 1.59. The SMILES string of the molecule is Nc1coc2cc3ccsc3cc12. The third-order valence-corrected chi connectivity index (χ3v) is 3.06. The lowest BCUT2D eigenvalue weighted by Gasteiger charge is -1.90. The Morgan fingerprint density at radius 1 is 1.31 bits per heavy atom. The fourth-order valence-electron chi connectivity index (χ4n) is 1.50. The van der Waals surface area contributed by atoms with Crippen molar-refractivity contribution in [1.82, 2.24) is 0 Å². The standard InChI is InChI=1S/C10H7NOS/c11-8-5-12-9-3-6-1-2-13-10(6)4-7(8)9/h1-5H,11H2. The van der Waals surface area contributed by atoms with E-state index < -0.39 is 0 Å². The van der Waals surface area contributed by atoms with Crippen LogP contribution in [-0.4, -0.2) is 0 Å². The van der Waals surface area contributed by atoms with Gasteiger partial charge in [-0.3, -0.25) is 0 Å². The van der Waals surface area contributed by atoms with Crippen molar-refractivity contribution in [1.29, 1.82) is 0 Å². The molecule has 0 atom stereocenters. The molecule has 2 N–H and O–H groups in total. The summed E-state index contributed by atoms with van der Waals surface area (Å²) in [5, 5.41) is 4.29. The van der Waals surface area contributed by atoms with Crippen molar-refractivity contribution in [2.45, 2.75) is 0 Å². The molecule has 0 unspecified atom stereocenters. The molecular weight excluding hydrogens is 182 g/mol. The van der Waals surface area contributed by atoms with Crippen LogP contribution in [0.25, 0.3) is 21.1 Å². The first-order valence-corrected chi connectivity index (χ1v) is 4.86. The molecule has 0 aliphatic carbocycles. The van der Waals surface area contributed by atoms with Crippen molar-refractivity contribution in [2.75, 3.05) is 5.73 Å². The van der Waals surface area contributed by atoms with E-state index in [0.29, 0.717) is 5.69 Å². The molecule has 0 amide bonds. The minimum absolute atomic E-state index is 0.713. The summed E-state index contributed by atoms with van der Waals surface area (Å²) in [4.78, 5) is 0. The summed E-state index contributed by atoms with van der Waals surface area (Å²) in [5.74, 6) is 0. The van der Waals surface area contributed by atoms with Crippen LogP contribution in [0, 0.1) is 0 Å². The van der Waals surface area contributed by atoms with E-state index in [-0.39, 0.29) is 0 Å². The summed E-state index contributed by atoms with van der Waals surface area (Å²) >= 11 is 1.72. The van der Waals surface area contributed by atoms with Gasteiger partial charge in [0.2, 0.25) is 0 Å². The van der Waals surface area contributed by atoms with Gasteiger partial charge in [0, 0.05) is 10.1 Å². The second-order valence-corrected chi connectivity index (χ2v) is 3.95. The Morgan fingerprint density at radius 3 is 3.15 bits per heavy atom. The highest BCUT2D eigenvalue weighted by Gasteiger charge is 2.04. The largest absolute Gasteiger partial charge is 0.462 e. The summed E-state index contributed by atoms with van der Waals surface area (Å²) < 4.78 is 6.56. The summed E-state index contributed by atoms with van der Waals surface area (Å²) in [5.41, 5.74) is 7.32. The summed E-state index contributed by atoms with van der Waals surface area (Å²) in [6, 6.07) is 6.18. The quantitative estimate of drug-likeness (QED) is 0.589. The number of hydrogen-bond donors (Lipinski definition) is 1. The number of thiophene rings is 1. The minimum Gasteiger partial charge on any atom is -0.462 e. The first-order chi connectivity index (χ1) is 6.34. The zero-order chi connectivity index (χ0) is 8.84. The fourth-order valence-corrected chi connectivity index (χ4v) is 2.31. The first-order valence-electron chi connectivity index (χ1n) is 3.98. The van der Waals surface area contributed by atoms with Gasteiger partial charge < -0.3 is 10.2 Å². The molecule has 3 rings (SSSR count). The van der Waals surface area contributed by atoms with Crippen molar-refractivity contribution in [3.05, 3.63) is 29.8 Å². The number of hydrogen-bond acceptors (Lipinski definition) is 3. The highest BCUT2D eigenvalue weighted by atomic mass is 32.1. The zero-order valence-electron chi connectivity index (χ0n) is 6.78. The van der Waals surface area contributed by atoms with E-state index >= 15 is 0 Å². The highest BCUT2D eigenvalue weighted by molar-refractivity contribution is 7.17. The molecule has 64 valence electrons. The van der Waals surface area contributed by atoms with Gasteiger partial charge in [0.25, 0.3) is 0 Å². The molecule has 0 spiro atoms. The maximum Gasteiger partial charge on any atom is 0.136 e. The lowest BCUT2D eigenvalue weighted by Crippen LogP contribution is -1.79. The van der Waals surface area contributed by atoms with Gasteiger partial charge in [-0.15, -0.1) is 11.3 Å². The second kappa shape index (κ2) is 2.26. The van der Waals surface area contributed by atoms with Crippen LogP contribution < -0.4 is 5.73 Å². The van der Waals surface area contributed by atoms with Gasteiger partial charge in [0.05, 0.1) is 5.69 Å². The van der Waals surface area contributed by atoms with E-state index in [4.69, 9.17) is 10.2 Å². The first kappa shape index (κ1) is 6.97. The summed E-state index contributed by atoms with van der Waals surface area (Å²) in [7, 11) is 0. The summed E-state index contributed by atoms with van der Waals surface area (Å²) in [6.45, 7) is 0. The third kappa shape index (κ3) is 0.876. The van der Waals surface area contributed by atoms with Gasteiger partial charge in [-0.05, 0) is 29.0 Å². The van der Waals surface area contributed by atoms with E-state index in [1.165, 1.54) is 10.1 Å². The second-order valence-electron chi connectivity index (χ2n) is 3.00. The van der Waals surface area contributed by atoms with Gasteiger partial charge in [0.15, 0.2) is 0 Å². The predicted molar refractivity (Wildman–Crippen MR) is 56.0 cm³/mol. The molecule has 2 heterocycles. The maximum atomic E-state index is 5.75. The zero-order valence-corrected chi connectivity index (χ0v) is 7.60. The Morgan fingerprint density at radius 2 is 2.23 bits per heavy atom. The number of fused-ring (bicyclic) bond motifs is 2. The van der Waals surface area contributed by atoms with Gasteiger partial charge in [-0.25, -0.2) is 0 Å². The Kier molecular flexibility index (Phi) is 1.21. The van der Waals surface area contributed by atoms with E-state index in [9.17, 15) is 0 Å². The Bertz CT molecular complexity index is 579. The molecule has 0 fully saturated rings. The lowest BCUT2D eigenvalue weighted by molar-refractivity contribution is 0.618. The highest BCUT2D eigenvalue weighted by Crippen LogP contribution is 2.30. The Hall–Kier alpha value is -1.48. The molecule has 3 heteroatoms. The molecule has 2 aromatic heterocycles. The van der Waals surface area contributed by atoms with Gasteiger partial charge in [-0.1, -0.05) is 0 Å². The number of furan rings is 1. The van der Waals surface area contributed by atoms with Crippen molar-refractivity contribution in [2.24, 2.45) is 0 Å². The number of nitrogen functional groups attached to an aromatic ring is 1. The van der Waals surface area contributed by atoms with E-state index in [2.05, 4.69) is 17.5 Å². The molecule has 13 heavy (non-hydrogen) atoms. The van der Waals surface area contributed by atoms with Crippen LogP contribution in [0.15, 0.2) is 34.3 Å². The van der Waals surface area contributed by atoms with Crippen molar-refractivity contribution >= 4 is 38.1 Å². The molecule has 1 aromatic carbocycles. The third-order valence-electron chi connectivity index (χ3n) is 2.18. The van der Waals surface area contributed by atoms with Gasteiger partial charge in [0.1, 0.15) is 11.8 Å². The fraction of sp³-hybridized carbons (Fsp3) is 0. The monoisotopic (exact) mass is 189 g/mol. The molecule has 0 saturated carbocycles. The molecule has 0 aliphatic rings. The molecule has 2 nitrogen and oxygen atoms in total. The lowest BCUT2D eigenvalue weighted by atomic mass is 10.2. The van der Waals surface area contributed by atoms with Crippen LogP contribution in [0.2, 0.25) is 0 Å². The molecule has 0 bridgehead atoms. The molecular formula is C10H7NOS. The number of benzene rings is 1. The van der Waals surface area contributed by atoms with Gasteiger partial charge >= 0.3 is 0 Å². The van der Waals surface area contributed by atoms with Crippen LogP contribution in [0.1, 0.15) is 0 Å². The maximum absolute atomic E-state index is 5.75. The average molecular weight is 189 g/mol. The average Bonchev–Trinajstić information content (AvgIpc) is 2.70. The molecule has 0 radical (unpaired) electrons. The number of nitrogens with two attached hydrogens (primary N) is 1. The predicted octanol–water partition coefficient (Wildman–Crippen LogP) is 3.23. The van der Waals surface area contributed by atoms with Gasteiger partial charge in [-0.2, -0.15) is 0 Å². The number of anilines is 1. The van der Waals surface area contributed by atoms with E-state index in [1.807, 2.05) is 6.07 Å². The molecule has 3 aromatic rings.